The van der Waals surface area contributed by atoms with Gasteiger partial charge in [-0.2, -0.15) is 0 Å². The first-order chi connectivity index (χ1) is 8.95. The lowest BCUT2D eigenvalue weighted by Crippen LogP contribution is -2.31. The number of hydrogen-bond donors (Lipinski definition) is 2. The number of halogens is 4. The van der Waals surface area contributed by atoms with Gasteiger partial charge in [0, 0.05) is 23.1 Å². The van der Waals surface area contributed by atoms with Crippen molar-refractivity contribution in [2.75, 3.05) is 13.2 Å². The summed E-state index contributed by atoms with van der Waals surface area (Å²) in [5.41, 5.74) is 0.824. The number of aliphatic hydroxyl groups is 1. The normalized spacial score (nSPS) is 12.8. The zero-order valence-corrected chi connectivity index (χ0v) is 13.5. The maximum atomic E-state index is 12.2. The van der Waals surface area contributed by atoms with Crippen LogP contribution in [-0.4, -0.2) is 30.8 Å². The average Bonchev–Trinajstić information content (AvgIpc) is 2.33. The van der Waals surface area contributed by atoms with Crippen molar-refractivity contribution >= 4 is 31.9 Å². The maximum absolute atomic E-state index is 12.2. The predicted octanol–water partition coefficient (Wildman–Crippen LogP) is 3.33. The van der Waals surface area contributed by atoms with Gasteiger partial charge in [-0.3, -0.25) is 0 Å². The van der Waals surface area contributed by atoms with Crippen LogP contribution in [0.4, 0.5) is 8.78 Å². The molecule has 0 aliphatic carbocycles. The van der Waals surface area contributed by atoms with Crippen LogP contribution in [0.3, 0.4) is 0 Å². The van der Waals surface area contributed by atoms with Gasteiger partial charge in [0.15, 0.2) is 0 Å². The molecule has 3 nitrogen and oxygen atoms in total. The SMILES string of the molecule is CCOc1c(Br)cc(Br)cc1CNCC(O)C(F)F. The summed E-state index contributed by atoms with van der Waals surface area (Å²) in [6.45, 7) is 2.53. The van der Waals surface area contributed by atoms with E-state index in [1.807, 2.05) is 19.1 Å². The van der Waals surface area contributed by atoms with E-state index in [0.29, 0.717) is 18.9 Å². The molecule has 1 unspecified atom stereocenters. The lowest BCUT2D eigenvalue weighted by Gasteiger charge is -2.15. The van der Waals surface area contributed by atoms with Gasteiger partial charge in [0.05, 0.1) is 11.1 Å². The summed E-state index contributed by atoms with van der Waals surface area (Å²) in [7, 11) is 0. The molecule has 0 aromatic heterocycles. The van der Waals surface area contributed by atoms with E-state index in [2.05, 4.69) is 37.2 Å². The van der Waals surface area contributed by atoms with Gasteiger partial charge >= 0.3 is 0 Å². The van der Waals surface area contributed by atoms with Crippen LogP contribution in [0, 0.1) is 0 Å². The van der Waals surface area contributed by atoms with Crippen molar-refractivity contribution in [1.82, 2.24) is 5.32 Å². The van der Waals surface area contributed by atoms with Crippen LogP contribution < -0.4 is 10.1 Å². The molecule has 108 valence electrons. The molecule has 1 aromatic rings. The zero-order chi connectivity index (χ0) is 14.4. The molecule has 0 radical (unpaired) electrons. The highest BCUT2D eigenvalue weighted by Crippen LogP contribution is 2.32. The number of nitrogens with one attached hydrogen (secondary N) is 1. The van der Waals surface area contributed by atoms with Crippen LogP contribution in [0.15, 0.2) is 21.1 Å². The summed E-state index contributed by atoms with van der Waals surface area (Å²) in [6, 6.07) is 3.69. The number of alkyl halides is 2. The fourth-order valence-corrected chi connectivity index (χ4v) is 2.92. The summed E-state index contributed by atoms with van der Waals surface area (Å²) in [5.74, 6) is 0.671. The monoisotopic (exact) mass is 401 g/mol. The Bertz CT molecular complexity index is 419. The second-order valence-electron chi connectivity index (χ2n) is 3.84. The molecule has 0 saturated heterocycles. The lowest BCUT2D eigenvalue weighted by atomic mass is 10.2. The second-order valence-corrected chi connectivity index (χ2v) is 5.61. The van der Waals surface area contributed by atoms with Gasteiger partial charge in [0.25, 0.3) is 6.43 Å². The van der Waals surface area contributed by atoms with E-state index in [1.54, 1.807) is 0 Å². The molecule has 0 spiro atoms. The van der Waals surface area contributed by atoms with Crippen molar-refractivity contribution in [2.24, 2.45) is 0 Å². The molecule has 1 atom stereocenters. The molecule has 0 bridgehead atoms. The van der Waals surface area contributed by atoms with Crippen molar-refractivity contribution in [3.63, 3.8) is 0 Å². The van der Waals surface area contributed by atoms with Gasteiger partial charge in [0.1, 0.15) is 11.9 Å². The van der Waals surface area contributed by atoms with Crippen LogP contribution in [0.2, 0.25) is 0 Å². The van der Waals surface area contributed by atoms with E-state index >= 15 is 0 Å². The first-order valence-electron chi connectivity index (χ1n) is 5.73. The van der Waals surface area contributed by atoms with Crippen molar-refractivity contribution in [2.45, 2.75) is 26.0 Å². The van der Waals surface area contributed by atoms with Crippen LogP contribution in [0.25, 0.3) is 0 Å². The van der Waals surface area contributed by atoms with E-state index in [1.165, 1.54) is 0 Å². The Morgan fingerprint density at radius 3 is 2.63 bits per heavy atom. The Balaban J connectivity index is 2.71. The second kappa shape index (κ2) is 8.14. The van der Waals surface area contributed by atoms with Gasteiger partial charge in [-0.15, -0.1) is 0 Å². The largest absolute Gasteiger partial charge is 0.492 e. The predicted molar refractivity (Wildman–Crippen MR) is 76.7 cm³/mol. The molecule has 1 aromatic carbocycles. The standard InChI is InChI=1S/C12H15Br2F2NO2/c1-2-19-11-7(3-8(13)4-9(11)14)5-17-6-10(18)12(15)16/h3-4,10,12,17-18H,2,5-6H2,1H3. The Morgan fingerprint density at radius 2 is 2.05 bits per heavy atom. The Morgan fingerprint density at radius 1 is 1.37 bits per heavy atom. The van der Waals surface area contributed by atoms with Crippen molar-refractivity contribution in [3.8, 4) is 5.75 Å². The van der Waals surface area contributed by atoms with Gasteiger partial charge in [-0.1, -0.05) is 15.9 Å². The molecule has 7 heteroatoms. The van der Waals surface area contributed by atoms with Crippen LogP contribution >= 0.6 is 31.9 Å². The van der Waals surface area contributed by atoms with Crippen molar-refractivity contribution in [3.05, 3.63) is 26.6 Å². The smallest absolute Gasteiger partial charge is 0.265 e. The molecule has 0 fully saturated rings. The van der Waals surface area contributed by atoms with E-state index in [0.717, 1.165) is 14.5 Å². The molecule has 0 aliphatic heterocycles. The van der Waals surface area contributed by atoms with Gasteiger partial charge in [-0.05, 0) is 35.0 Å². The first kappa shape index (κ1) is 16.8. The molecule has 0 heterocycles. The van der Waals surface area contributed by atoms with E-state index < -0.39 is 12.5 Å². The lowest BCUT2D eigenvalue weighted by molar-refractivity contribution is -0.00342. The molecular formula is C12H15Br2F2NO2. The topological polar surface area (TPSA) is 41.5 Å². The summed E-state index contributed by atoms with van der Waals surface area (Å²) in [4.78, 5) is 0. The van der Waals surface area contributed by atoms with Crippen LogP contribution in [-0.2, 0) is 6.54 Å². The Labute approximate surface area is 127 Å². The average molecular weight is 403 g/mol. The summed E-state index contributed by atoms with van der Waals surface area (Å²) in [5, 5.41) is 11.8. The third kappa shape index (κ3) is 5.33. The molecule has 2 N–H and O–H groups in total. The molecule has 0 amide bonds. The van der Waals surface area contributed by atoms with Gasteiger partial charge < -0.3 is 15.2 Å². The van der Waals surface area contributed by atoms with Crippen molar-refractivity contribution in [1.29, 1.82) is 0 Å². The first-order valence-corrected chi connectivity index (χ1v) is 7.32. The van der Waals surface area contributed by atoms with Crippen LogP contribution in [0.1, 0.15) is 12.5 Å². The minimum atomic E-state index is -2.74. The molecule has 1 rings (SSSR count). The maximum Gasteiger partial charge on any atom is 0.265 e. The minimum Gasteiger partial charge on any atom is -0.492 e. The number of ether oxygens (including phenoxy) is 1. The summed E-state index contributed by atoms with van der Waals surface area (Å²) >= 11 is 6.75. The van der Waals surface area contributed by atoms with Gasteiger partial charge in [0.2, 0.25) is 0 Å². The number of aliphatic hydroxyl groups excluding tert-OH is 1. The quantitative estimate of drug-likeness (QED) is 0.735. The number of hydrogen-bond acceptors (Lipinski definition) is 3. The Kier molecular flexibility index (Phi) is 7.20. The van der Waals surface area contributed by atoms with E-state index in [9.17, 15) is 8.78 Å². The third-order valence-electron chi connectivity index (χ3n) is 2.33. The fraction of sp³-hybridized carbons (Fsp3) is 0.500. The van der Waals surface area contributed by atoms with E-state index in [-0.39, 0.29) is 6.54 Å². The Hall–Kier alpha value is -0.240. The number of rotatable bonds is 7. The minimum absolute atomic E-state index is 0.173. The number of benzene rings is 1. The van der Waals surface area contributed by atoms with Crippen LogP contribution in [0.5, 0.6) is 5.75 Å². The third-order valence-corrected chi connectivity index (χ3v) is 3.38. The summed E-state index contributed by atoms with van der Waals surface area (Å²) < 4.78 is 31.5. The molecular weight excluding hydrogens is 388 g/mol. The highest BCUT2D eigenvalue weighted by molar-refractivity contribution is 9.11. The van der Waals surface area contributed by atoms with Crippen molar-refractivity contribution < 1.29 is 18.6 Å². The highest BCUT2D eigenvalue weighted by Gasteiger charge is 2.16. The molecule has 19 heavy (non-hydrogen) atoms. The molecule has 0 aliphatic rings. The fourth-order valence-electron chi connectivity index (χ4n) is 1.49. The van der Waals surface area contributed by atoms with E-state index in [4.69, 9.17) is 9.84 Å². The highest BCUT2D eigenvalue weighted by atomic mass is 79.9. The zero-order valence-electron chi connectivity index (χ0n) is 10.3. The van der Waals surface area contributed by atoms with Gasteiger partial charge in [-0.25, -0.2) is 8.78 Å². The summed E-state index contributed by atoms with van der Waals surface area (Å²) in [6.07, 6.45) is -4.40. The molecule has 0 saturated carbocycles.